The van der Waals surface area contributed by atoms with E-state index in [2.05, 4.69) is 22.5 Å². The van der Waals surface area contributed by atoms with E-state index >= 15 is 0 Å². The number of nitrogens with one attached hydrogen (secondary N) is 2. The molecule has 4 rings (SSSR count). The maximum atomic E-state index is 6.29. The van der Waals surface area contributed by atoms with Crippen LogP contribution in [-0.4, -0.2) is 31.6 Å². The molecule has 2 aromatic heterocycles. The van der Waals surface area contributed by atoms with Crippen LogP contribution in [0.2, 0.25) is 5.02 Å². The maximum absolute atomic E-state index is 6.29. The zero-order valence-corrected chi connectivity index (χ0v) is 16.1. The highest BCUT2D eigenvalue weighted by molar-refractivity contribution is 6.30. The Morgan fingerprint density at radius 3 is 2.89 bits per heavy atom. The number of hydrogen-bond acceptors (Lipinski definition) is 6. The molecule has 8 heteroatoms. The van der Waals surface area contributed by atoms with Crippen LogP contribution in [0.15, 0.2) is 30.6 Å². The van der Waals surface area contributed by atoms with Crippen LogP contribution >= 0.6 is 11.6 Å². The molecule has 0 spiro atoms. The van der Waals surface area contributed by atoms with Crippen LogP contribution in [0.1, 0.15) is 32.6 Å². The molecular weight excluding hydrogens is 362 g/mol. The standard InChI is InChI=1S/C19H24ClN7/c1-2-27-11-22-16-17(23-13-7-5-6-12(20)10-13)25-19(26-18(16)27)24-15-9-4-3-8-14(15)21/h5-7,10-11,14-15H,2-4,8-9,21H2,1H3,(H2,23,24,25,26)/t14-,15-/m0/s1. The highest BCUT2D eigenvalue weighted by Gasteiger charge is 2.23. The molecule has 0 unspecified atom stereocenters. The number of hydrogen-bond donors (Lipinski definition) is 3. The van der Waals surface area contributed by atoms with Crippen molar-refractivity contribution in [2.24, 2.45) is 5.73 Å². The maximum Gasteiger partial charge on any atom is 0.227 e. The first kappa shape index (κ1) is 18.0. The predicted molar refractivity (Wildman–Crippen MR) is 110 cm³/mol. The summed E-state index contributed by atoms with van der Waals surface area (Å²) in [7, 11) is 0. The van der Waals surface area contributed by atoms with Crippen LogP contribution in [0.3, 0.4) is 0 Å². The van der Waals surface area contributed by atoms with Crippen molar-refractivity contribution < 1.29 is 0 Å². The highest BCUT2D eigenvalue weighted by Crippen LogP contribution is 2.27. The van der Waals surface area contributed by atoms with Gasteiger partial charge in [-0.05, 0) is 38.0 Å². The second kappa shape index (κ2) is 7.70. The molecule has 1 aliphatic carbocycles. The number of halogens is 1. The Morgan fingerprint density at radius 1 is 1.26 bits per heavy atom. The minimum Gasteiger partial charge on any atom is -0.350 e. The van der Waals surface area contributed by atoms with Gasteiger partial charge in [-0.1, -0.05) is 30.5 Å². The van der Waals surface area contributed by atoms with Crippen LogP contribution in [0.4, 0.5) is 17.5 Å². The molecular formula is C19H24ClN7. The number of fused-ring (bicyclic) bond motifs is 1. The predicted octanol–water partition coefficient (Wildman–Crippen LogP) is 3.93. The van der Waals surface area contributed by atoms with Gasteiger partial charge in [0.25, 0.3) is 0 Å². The molecule has 27 heavy (non-hydrogen) atoms. The molecule has 142 valence electrons. The lowest BCUT2D eigenvalue weighted by atomic mass is 9.91. The van der Waals surface area contributed by atoms with E-state index in [0.29, 0.717) is 16.8 Å². The lowest BCUT2D eigenvalue weighted by Gasteiger charge is -2.29. The molecule has 0 amide bonds. The lowest BCUT2D eigenvalue weighted by molar-refractivity contribution is 0.402. The fourth-order valence-electron chi connectivity index (χ4n) is 3.53. The summed E-state index contributed by atoms with van der Waals surface area (Å²) in [5.41, 5.74) is 8.67. The number of rotatable bonds is 5. The van der Waals surface area contributed by atoms with Gasteiger partial charge in [0, 0.05) is 29.3 Å². The number of anilines is 3. The monoisotopic (exact) mass is 385 g/mol. The molecule has 1 saturated carbocycles. The van der Waals surface area contributed by atoms with E-state index in [-0.39, 0.29) is 12.1 Å². The molecule has 0 bridgehead atoms. The normalized spacial score (nSPS) is 20.0. The van der Waals surface area contributed by atoms with Crippen molar-refractivity contribution in [1.82, 2.24) is 19.5 Å². The first-order chi connectivity index (χ1) is 13.1. The van der Waals surface area contributed by atoms with Gasteiger partial charge in [-0.2, -0.15) is 9.97 Å². The van der Waals surface area contributed by atoms with Crippen molar-refractivity contribution in [3.8, 4) is 0 Å². The third-order valence-corrected chi connectivity index (χ3v) is 5.26. The second-order valence-corrected chi connectivity index (χ2v) is 7.37. The first-order valence-electron chi connectivity index (χ1n) is 9.41. The van der Waals surface area contributed by atoms with Crippen molar-refractivity contribution in [3.63, 3.8) is 0 Å². The summed E-state index contributed by atoms with van der Waals surface area (Å²) < 4.78 is 2.01. The van der Waals surface area contributed by atoms with Crippen molar-refractivity contribution in [2.45, 2.75) is 51.2 Å². The number of aryl methyl sites for hydroxylation is 1. The molecule has 0 radical (unpaired) electrons. The summed E-state index contributed by atoms with van der Waals surface area (Å²) in [6.45, 7) is 2.85. The summed E-state index contributed by atoms with van der Waals surface area (Å²) in [6.07, 6.45) is 6.21. The summed E-state index contributed by atoms with van der Waals surface area (Å²) in [5, 5.41) is 7.44. The summed E-state index contributed by atoms with van der Waals surface area (Å²) in [4.78, 5) is 13.9. The number of imidazole rings is 1. The minimum absolute atomic E-state index is 0.124. The van der Waals surface area contributed by atoms with Gasteiger partial charge in [0.15, 0.2) is 17.0 Å². The third kappa shape index (κ3) is 3.84. The Labute approximate surface area is 163 Å². The van der Waals surface area contributed by atoms with Crippen LogP contribution in [0, 0.1) is 0 Å². The van der Waals surface area contributed by atoms with E-state index in [1.165, 1.54) is 12.8 Å². The van der Waals surface area contributed by atoms with Crippen LogP contribution in [0.5, 0.6) is 0 Å². The van der Waals surface area contributed by atoms with E-state index in [1.54, 1.807) is 6.33 Å². The van der Waals surface area contributed by atoms with E-state index in [1.807, 2.05) is 28.8 Å². The highest BCUT2D eigenvalue weighted by atomic mass is 35.5. The summed E-state index contributed by atoms with van der Waals surface area (Å²) in [6, 6.07) is 7.85. The van der Waals surface area contributed by atoms with Gasteiger partial charge < -0.3 is 20.9 Å². The average Bonchev–Trinajstić information content (AvgIpc) is 3.07. The first-order valence-corrected chi connectivity index (χ1v) is 9.79. The fourth-order valence-corrected chi connectivity index (χ4v) is 3.73. The van der Waals surface area contributed by atoms with Gasteiger partial charge in [0.05, 0.1) is 6.33 Å². The average molecular weight is 386 g/mol. The molecule has 1 aromatic carbocycles. The summed E-state index contributed by atoms with van der Waals surface area (Å²) in [5.74, 6) is 1.23. The van der Waals surface area contributed by atoms with Gasteiger partial charge in [0.1, 0.15) is 0 Å². The van der Waals surface area contributed by atoms with Gasteiger partial charge in [0.2, 0.25) is 5.95 Å². The molecule has 0 saturated heterocycles. The fraction of sp³-hybridized carbons (Fsp3) is 0.421. The minimum atomic E-state index is 0.124. The van der Waals surface area contributed by atoms with Crippen LogP contribution in [-0.2, 0) is 6.54 Å². The van der Waals surface area contributed by atoms with Crippen LogP contribution in [0.25, 0.3) is 11.2 Å². The van der Waals surface area contributed by atoms with Gasteiger partial charge in [-0.3, -0.25) is 0 Å². The molecule has 7 nitrogen and oxygen atoms in total. The Kier molecular flexibility index (Phi) is 5.13. The molecule has 0 aliphatic heterocycles. The Balaban J connectivity index is 1.71. The van der Waals surface area contributed by atoms with Crippen molar-refractivity contribution in [3.05, 3.63) is 35.6 Å². The number of benzene rings is 1. The van der Waals surface area contributed by atoms with Crippen molar-refractivity contribution in [1.29, 1.82) is 0 Å². The number of nitrogens with zero attached hydrogens (tertiary/aromatic N) is 4. The largest absolute Gasteiger partial charge is 0.350 e. The number of aromatic nitrogens is 4. The molecule has 1 aliphatic rings. The van der Waals surface area contributed by atoms with Crippen molar-refractivity contribution >= 4 is 40.2 Å². The molecule has 1 fully saturated rings. The van der Waals surface area contributed by atoms with Crippen molar-refractivity contribution in [2.75, 3.05) is 10.6 Å². The number of nitrogens with two attached hydrogens (primary N) is 1. The lowest BCUT2D eigenvalue weighted by Crippen LogP contribution is -2.43. The molecule has 4 N–H and O–H groups in total. The van der Waals surface area contributed by atoms with Gasteiger partial charge in [-0.25, -0.2) is 4.98 Å². The molecule has 3 aromatic rings. The summed E-state index contributed by atoms with van der Waals surface area (Å²) >= 11 is 6.11. The quantitative estimate of drug-likeness (QED) is 0.616. The topological polar surface area (TPSA) is 93.7 Å². The van der Waals surface area contributed by atoms with Gasteiger partial charge in [-0.15, -0.1) is 0 Å². The zero-order chi connectivity index (χ0) is 18.8. The Bertz CT molecular complexity index is 939. The second-order valence-electron chi connectivity index (χ2n) is 6.93. The van der Waals surface area contributed by atoms with E-state index in [0.717, 1.165) is 36.2 Å². The Hall–Kier alpha value is -2.38. The van der Waals surface area contributed by atoms with E-state index in [9.17, 15) is 0 Å². The van der Waals surface area contributed by atoms with E-state index < -0.39 is 0 Å². The van der Waals surface area contributed by atoms with E-state index in [4.69, 9.17) is 27.3 Å². The SMILES string of the molecule is CCn1cnc2c(Nc3cccc(Cl)c3)nc(N[C@H]3CCCC[C@@H]3N)nc21. The smallest absolute Gasteiger partial charge is 0.227 e. The molecule has 2 heterocycles. The Morgan fingerprint density at radius 2 is 2.11 bits per heavy atom. The zero-order valence-electron chi connectivity index (χ0n) is 15.3. The van der Waals surface area contributed by atoms with Crippen LogP contribution < -0.4 is 16.4 Å². The van der Waals surface area contributed by atoms with Gasteiger partial charge >= 0.3 is 0 Å². The third-order valence-electron chi connectivity index (χ3n) is 5.03. The molecule has 2 atom stereocenters.